The Labute approximate surface area is 138 Å². The van der Waals surface area contributed by atoms with Crippen LogP contribution in [0.4, 0.5) is 5.69 Å². The molecule has 0 fully saturated rings. The van der Waals surface area contributed by atoms with Crippen molar-refractivity contribution in [1.29, 1.82) is 0 Å². The lowest BCUT2D eigenvalue weighted by Gasteiger charge is -2.12. The highest BCUT2D eigenvalue weighted by molar-refractivity contribution is 9.10. The van der Waals surface area contributed by atoms with Crippen molar-refractivity contribution >= 4 is 54.8 Å². The maximum absolute atomic E-state index is 12.0. The number of nitrogens with one attached hydrogen (secondary N) is 2. The Morgan fingerprint density at radius 2 is 1.80 bits per heavy atom. The minimum absolute atomic E-state index is 0.00937. The van der Waals surface area contributed by atoms with Crippen molar-refractivity contribution in [2.45, 2.75) is 26.3 Å². The van der Waals surface area contributed by atoms with Crippen LogP contribution >= 0.6 is 39.1 Å². The zero-order valence-corrected chi connectivity index (χ0v) is 15.1. The van der Waals surface area contributed by atoms with Crippen LogP contribution in [0.2, 0.25) is 10.0 Å². The second kappa shape index (κ2) is 7.84. The minimum Gasteiger partial charge on any atom is -0.314 e. The fourth-order valence-electron chi connectivity index (χ4n) is 1.50. The molecule has 1 rings (SSSR count). The lowest BCUT2D eigenvalue weighted by molar-refractivity contribution is 0.571. The number of benzene rings is 1. The molecule has 0 atom stereocenters. The molecule has 0 aromatic heterocycles. The molecular formula is C12H17BrCl2N2O2S. The van der Waals surface area contributed by atoms with Crippen molar-refractivity contribution in [2.24, 2.45) is 0 Å². The summed E-state index contributed by atoms with van der Waals surface area (Å²) in [5.41, 5.74) is 0.216. The van der Waals surface area contributed by atoms with Gasteiger partial charge in [-0.2, -0.15) is 0 Å². The van der Waals surface area contributed by atoms with E-state index in [4.69, 9.17) is 23.2 Å². The highest BCUT2D eigenvalue weighted by Crippen LogP contribution is 2.34. The van der Waals surface area contributed by atoms with Crippen LogP contribution in [0.25, 0.3) is 0 Å². The molecular weight excluding hydrogens is 387 g/mol. The lowest BCUT2D eigenvalue weighted by atomic mass is 10.3. The molecule has 0 aliphatic carbocycles. The van der Waals surface area contributed by atoms with Crippen LogP contribution in [0.1, 0.15) is 20.3 Å². The smallest absolute Gasteiger partial charge is 0.232 e. The Morgan fingerprint density at radius 1 is 1.25 bits per heavy atom. The summed E-state index contributed by atoms with van der Waals surface area (Å²) in [5, 5.41) is 3.68. The quantitative estimate of drug-likeness (QED) is 0.679. The summed E-state index contributed by atoms with van der Waals surface area (Å²) in [6.45, 7) is 4.66. The summed E-state index contributed by atoms with van der Waals surface area (Å²) in [6, 6.07) is 3.51. The van der Waals surface area contributed by atoms with Crippen molar-refractivity contribution in [3.8, 4) is 0 Å². The van der Waals surface area contributed by atoms with Gasteiger partial charge in [0.15, 0.2) is 0 Å². The summed E-state index contributed by atoms with van der Waals surface area (Å²) in [4.78, 5) is 0. The van der Waals surface area contributed by atoms with Gasteiger partial charge in [0.1, 0.15) is 0 Å². The monoisotopic (exact) mass is 402 g/mol. The third-order valence-electron chi connectivity index (χ3n) is 2.41. The van der Waals surface area contributed by atoms with E-state index in [-0.39, 0.29) is 21.5 Å². The Bertz CT molecular complexity index is 542. The van der Waals surface area contributed by atoms with Gasteiger partial charge in [-0.1, -0.05) is 53.0 Å². The Morgan fingerprint density at radius 3 is 2.30 bits per heavy atom. The summed E-state index contributed by atoms with van der Waals surface area (Å²) >= 11 is 15.2. The van der Waals surface area contributed by atoms with Crippen LogP contribution < -0.4 is 10.0 Å². The highest BCUT2D eigenvalue weighted by Gasteiger charge is 2.15. The zero-order chi connectivity index (χ0) is 15.3. The van der Waals surface area contributed by atoms with Gasteiger partial charge in [-0.05, 0) is 25.1 Å². The largest absolute Gasteiger partial charge is 0.314 e. The van der Waals surface area contributed by atoms with Crippen LogP contribution in [0.3, 0.4) is 0 Å². The third-order valence-corrected chi connectivity index (χ3v) is 4.80. The van der Waals surface area contributed by atoms with Gasteiger partial charge in [-0.3, -0.25) is 4.72 Å². The molecule has 0 radical (unpaired) electrons. The third kappa shape index (κ3) is 6.18. The summed E-state index contributed by atoms with van der Waals surface area (Å²) < 4.78 is 27.1. The molecule has 20 heavy (non-hydrogen) atoms. The first-order valence-electron chi connectivity index (χ1n) is 6.09. The molecule has 0 bridgehead atoms. The second-order valence-corrected chi connectivity index (χ2v) is 8.20. The zero-order valence-electron chi connectivity index (χ0n) is 11.2. The molecule has 0 saturated heterocycles. The van der Waals surface area contributed by atoms with Crippen LogP contribution in [-0.4, -0.2) is 26.8 Å². The molecule has 8 heteroatoms. The van der Waals surface area contributed by atoms with Gasteiger partial charge >= 0.3 is 0 Å². The summed E-state index contributed by atoms with van der Waals surface area (Å²) in [5.74, 6) is 0.00937. The van der Waals surface area contributed by atoms with Crippen LogP contribution in [0.5, 0.6) is 0 Å². The van der Waals surface area contributed by atoms with Gasteiger partial charge in [-0.15, -0.1) is 0 Å². The number of hydrogen-bond acceptors (Lipinski definition) is 3. The maximum atomic E-state index is 12.0. The van der Waals surface area contributed by atoms with Crippen molar-refractivity contribution in [3.63, 3.8) is 0 Å². The Balaban J connectivity index is 2.67. The van der Waals surface area contributed by atoms with Crippen LogP contribution in [-0.2, 0) is 10.0 Å². The first-order chi connectivity index (χ1) is 9.21. The van der Waals surface area contributed by atoms with Gasteiger partial charge in [0.2, 0.25) is 10.0 Å². The van der Waals surface area contributed by atoms with Gasteiger partial charge in [0.05, 0.1) is 21.5 Å². The average Bonchev–Trinajstić information content (AvgIpc) is 2.29. The topological polar surface area (TPSA) is 58.2 Å². The van der Waals surface area contributed by atoms with E-state index in [9.17, 15) is 8.42 Å². The Kier molecular flexibility index (Phi) is 7.08. The predicted octanol–water partition coefficient (Wildman–Crippen LogP) is 3.89. The molecule has 0 heterocycles. The van der Waals surface area contributed by atoms with Crippen molar-refractivity contribution in [1.82, 2.24) is 5.32 Å². The van der Waals surface area contributed by atoms with E-state index in [1.54, 1.807) is 12.1 Å². The standard InChI is InChI=1S/C12H17BrCl2N2O2S/c1-8(2)16-4-3-5-20(18,19)17-12-10(14)6-9(13)7-11(12)15/h6-8,16-17H,3-5H2,1-2H3. The fourth-order valence-corrected chi connectivity index (χ4v) is 4.07. The molecule has 0 spiro atoms. The van der Waals surface area contributed by atoms with Gasteiger partial charge in [-0.25, -0.2) is 8.42 Å². The number of hydrogen-bond donors (Lipinski definition) is 2. The summed E-state index contributed by atoms with van der Waals surface area (Å²) in [7, 11) is -3.46. The summed E-state index contributed by atoms with van der Waals surface area (Å²) in [6.07, 6.45) is 0.513. The molecule has 0 amide bonds. The van der Waals surface area contributed by atoms with E-state index in [1.807, 2.05) is 13.8 Å². The molecule has 2 N–H and O–H groups in total. The van der Waals surface area contributed by atoms with E-state index in [0.29, 0.717) is 23.5 Å². The molecule has 0 aliphatic heterocycles. The number of halogens is 3. The van der Waals surface area contributed by atoms with Crippen molar-refractivity contribution in [2.75, 3.05) is 17.0 Å². The second-order valence-electron chi connectivity index (χ2n) is 4.63. The number of rotatable bonds is 7. The Hall–Kier alpha value is -0.0100. The SMILES string of the molecule is CC(C)NCCCS(=O)(=O)Nc1c(Cl)cc(Br)cc1Cl. The average molecular weight is 404 g/mol. The van der Waals surface area contributed by atoms with Gasteiger partial charge in [0, 0.05) is 10.5 Å². The van der Waals surface area contributed by atoms with E-state index >= 15 is 0 Å². The van der Waals surface area contributed by atoms with Gasteiger partial charge in [0.25, 0.3) is 0 Å². The maximum Gasteiger partial charge on any atom is 0.232 e. The van der Waals surface area contributed by atoms with E-state index < -0.39 is 10.0 Å². The first kappa shape index (κ1) is 18.0. The first-order valence-corrected chi connectivity index (χ1v) is 9.30. The van der Waals surface area contributed by atoms with Crippen LogP contribution in [0.15, 0.2) is 16.6 Å². The number of sulfonamides is 1. The molecule has 4 nitrogen and oxygen atoms in total. The van der Waals surface area contributed by atoms with Crippen LogP contribution in [0, 0.1) is 0 Å². The molecule has 0 aliphatic rings. The molecule has 1 aromatic carbocycles. The molecule has 114 valence electrons. The van der Waals surface area contributed by atoms with E-state index in [0.717, 1.165) is 0 Å². The molecule has 0 unspecified atom stereocenters. The minimum atomic E-state index is -3.46. The van der Waals surface area contributed by atoms with Crippen molar-refractivity contribution in [3.05, 3.63) is 26.7 Å². The normalized spacial score (nSPS) is 11.9. The number of anilines is 1. The van der Waals surface area contributed by atoms with E-state index in [1.165, 1.54) is 0 Å². The van der Waals surface area contributed by atoms with Crippen molar-refractivity contribution < 1.29 is 8.42 Å². The highest BCUT2D eigenvalue weighted by atomic mass is 79.9. The predicted molar refractivity (Wildman–Crippen MR) is 89.3 cm³/mol. The van der Waals surface area contributed by atoms with Gasteiger partial charge < -0.3 is 5.32 Å². The molecule has 0 saturated carbocycles. The molecule has 1 aromatic rings. The fraction of sp³-hybridized carbons (Fsp3) is 0.500. The van der Waals surface area contributed by atoms with E-state index in [2.05, 4.69) is 26.0 Å². The lowest BCUT2D eigenvalue weighted by Crippen LogP contribution is -2.26.